The van der Waals surface area contributed by atoms with Crippen molar-refractivity contribution in [2.24, 2.45) is 0 Å². The van der Waals surface area contributed by atoms with Gasteiger partial charge < -0.3 is 41.7 Å². The summed E-state index contributed by atoms with van der Waals surface area (Å²) in [4.78, 5) is 0. The fourth-order valence-corrected chi connectivity index (χ4v) is 8.71. The Bertz CT molecular complexity index is 2160. The highest BCUT2D eigenvalue weighted by Gasteiger charge is 2.37. The fraction of sp³-hybridized carbons (Fsp3) is 0.467. The maximum Gasteiger partial charge on any atom is 0.145 e. The van der Waals surface area contributed by atoms with Crippen LogP contribution in [0, 0.1) is 0 Å². The summed E-state index contributed by atoms with van der Waals surface area (Å²) in [6.45, 7) is 19.8. The standard InChI is InChI=1S/C45H54O9/c1-43(2,3)37-31-16-22-26(47-11)20-29(50-14)35-39(45(7,8)9)33(53-41(22)35)18-24-27(48-12)21-30(51-15)36-38(44(4,5)6)32(54-42(24)36)17-23-25(46-10)19-28(49-13)34(37)40(23)52-31/h19-21H,16-18H2,1-15H3. The Kier molecular flexibility index (Phi) is 8.90. The molecule has 0 unspecified atom stereocenters. The average Bonchev–Trinajstić information content (AvgIpc) is 3.80. The summed E-state index contributed by atoms with van der Waals surface area (Å²) >= 11 is 0. The van der Waals surface area contributed by atoms with Crippen LogP contribution in [-0.4, -0.2) is 42.7 Å². The lowest BCUT2D eigenvalue weighted by atomic mass is 9.81. The molecule has 7 rings (SSSR count). The van der Waals surface area contributed by atoms with E-state index in [-0.39, 0.29) is 16.2 Å². The summed E-state index contributed by atoms with van der Waals surface area (Å²) in [7, 11) is 10.1. The van der Waals surface area contributed by atoms with Gasteiger partial charge in [0.25, 0.3) is 0 Å². The lowest BCUT2D eigenvalue weighted by molar-refractivity contribution is 0.391. The van der Waals surface area contributed by atoms with Gasteiger partial charge in [0.1, 0.15) is 68.5 Å². The van der Waals surface area contributed by atoms with E-state index in [0.717, 1.165) is 66.8 Å². The van der Waals surface area contributed by atoms with Crippen LogP contribution < -0.4 is 28.4 Å². The van der Waals surface area contributed by atoms with Crippen molar-refractivity contribution in [3.05, 3.63) is 68.9 Å². The molecule has 6 bridgehead atoms. The third kappa shape index (κ3) is 5.64. The smallest absolute Gasteiger partial charge is 0.145 e. The molecule has 3 aromatic heterocycles. The first kappa shape index (κ1) is 37.4. The van der Waals surface area contributed by atoms with Gasteiger partial charge in [-0.25, -0.2) is 0 Å². The molecule has 0 saturated heterocycles. The van der Waals surface area contributed by atoms with Crippen molar-refractivity contribution >= 4 is 32.9 Å². The third-order valence-corrected chi connectivity index (χ3v) is 10.8. The van der Waals surface area contributed by atoms with Gasteiger partial charge in [-0.3, -0.25) is 0 Å². The zero-order chi connectivity index (χ0) is 39.2. The second-order valence-corrected chi connectivity index (χ2v) is 17.4. The summed E-state index contributed by atoms with van der Waals surface area (Å²) in [5.74, 6) is 6.28. The summed E-state index contributed by atoms with van der Waals surface area (Å²) in [6.07, 6.45) is 1.17. The molecule has 0 N–H and O–H groups in total. The normalized spacial score (nSPS) is 13.6. The van der Waals surface area contributed by atoms with Gasteiger partial charge in [0, 0.05) is 70.8 Å². The van der Waals surface area contributed by atoms with Crippen molar-refractivity contribution < 1.29 is 41.7 Å². The van der Waals surface area contributed by atoms with Gasteiger partial charge in [0.05, 0.1) is 58.8 Å². The number of benzene rings is 3. The quantitative estimate of drug-likeness (QED) is 0.165. The van der Waals surface area contributed by atoms with E-state index in [1.54, 1.807) is 42.7 Å². The number of hydrogen-bond donors (Lipinski definition) is 0. The number of methoxy groups -OCH3 is 6. The summed E-state index contributed by atoms with van der Waals surface area (Å²) in [6, 6.07) is 5.89. The van der Waals surface area contributed by atoms with Crippen LogP contribution in [0.25, 0.3) is 32.9 Å². The topological polar surface area (TPSA) is 94.8 Å². The molecule has 0 spiro atoms. The van der Waals surface area contributed by atoms with Crippen LogP contribution in [0.2, 0.25) is 0 Å². The van der Waals surface area contributed by atoms with Gasteiger partial charge in [-0.2, -0.15) is 0 Å². The van der Waals surface area contributed by atoms with Crippen molar-refractivity contribution in [2.45, 2.75) is 97.8 Å². The molecule has 6 aromatic rings. The van der Waals surface area contributed by atoms with E-state index in [2.05, 4.69) is 62.3 Å². The molecule has 3 aromatic carbocycles. The van der Waals surface area contributed by atoms with E-state index in [1.807, 2.05) is 18.2 Å². The predicted octanol–water partition coefficient (Wildman–Crippen LogP) is 11.0. The highest BCUT2D eigenvalue weighted by Crippen LogP contribution is 2.53. The Morgan fingerprint density at radius 2 is 0.593 bits per heavy atom. The van der Waals surface area contributed by atoms with Crippen LogP contribution >= 0.6 is 0 Å². The second-order valence-electron chi connectivity index (χ2n) is 17.4. The molecule has 0 atom stereocenters. The Morgan fingerprint density at radius 1 is 0.370 bits per heavy atom. The molecule has 0 saturated carbocycles. The fourth-order valence-electron chi connectivity index (χ4n) is 8.71. The molecule has 1 aliphatic heterocycles. The number of rotatable bonds is 6. The van der Waals surface area contributed by atoms with E-state index < -0.39 is 0 Å². The van der Waals surface area contributed by atoms with E-state index in [9.17, 15) is 0 Å². The summed E-state index contributed by atoms with van der Waals surface area (Å²) in [5.41, 5.74) is 6.71. The van der Waals surface area contributed by atoms with Gasteiger partial charge in [0.15, 0.2) is 0 Å². The molecule has 288 valence electrons. The minimum atomic E-state index is -0.344. The lowest BCUT2D eigenvalue weighted by Crippen LogP contribution is -2.15. The lowest BCUT2D eigenvalue weighted by Gasteiger charge is -2.22. The van der Waals surface area contributed by atoms with Crippen LogP contribution in [0.15, 0.2) is 31.5 Å². The SMILES string of the molecule is COc1cc(OC)c2c(C(C)(C)C)c3oc2c1Cc1oc2c(c(OC)cc(OC)c2c1C(C)(C)C)Cc1oc2c(c(OC)cc(OC)c2c1C(C)(C)C)C3. The van der Waals surface area contributed by atoms with E-state index >= 15 is 0 Å². The first-order chi connectivity index (χ1) is 25.4. The minimum Gasteiger partial charge on any atom is -0.496 e. The highest BCUT2D eigenvalue weighted by molar-refractivity contribution is 5.98. The molecule has 0 radical (unpaired) electrons. The molecule has 0 aliphatic carbocycles. The van der Waals surface area contributed by atoms with Crippen molar-refractivity contribution in [3.63, 3.8) is 0 Å². The van der Waals surface area contributed by atoms with Crippen molar-refractivity contribution in [2.75, 3.05) is 42.7 Å². The molecule has 9 nitrogen and oxygen atoms in total. The molecule has 0 fully saturated rings. The molecule has 0 amide bonds. The monoisotopic (exact) mass is 738 g/mol. The minimum absolute atomic E-state index is 0.344. The van der Waals surface area contributed by atoms with Gasteiger partial charge in [0.2, 0.25) is 0 Å². The van der Waals surface area contributed by atoms with E-state index in [4.69, 9.17) is 41.7 Å². The second kappa shape index (κ2) is 12.8. The van der Waals surface area contributed by atoms with Crippen LogP contribution in [0.1, 0.15) is 113 Å². The average molecular weight is 739 g/mol. The Balaban J connectivity index is 1.76. The zero-order valence-electron chi connectivity index (χ0n) is 34.5. The first-order valence-corrected chi connectivity index (χ1v) is 18.5. The van der Waals surface area contributed by atoms with Gasteiger partial charge in [-0.15, -0.1) is 0 Å². The van der Waals surface area contributed by atoms with E-state index in [0.29, 0.717) is 70.5 Å². The maximum absolute atomic E-state index is 7.15. The number of furan rings is 3. The van der Waals surface area contributed by atoms with Gasteiger partial charge in [-0.1, -0.05) is 62.3 Å². The van der Waals surface area contributed by atoms with E-state index in [1.165, 1.54) is 0 Å². The van der Waals surface area contributed by atoms with Gasteiger partial charge in [-0.05, 0) is 16.2 Å². The Morgan fingerprint density at radius 3 is 0.778 bits per heavy atom. The molecular weight excluding hydrogens is 684 g/mol. The molecule has 1 aliphatic rings. The highest BCUT2D eigenvalue weighted by atomic mass is 16.5. The predicted molar refractivity (Wildman–Crippen MR) is 212 cm³/mol. The summed E-state index contributed by atoms with van der Waals surface area (Å²) in [5, 5.41) is 2.70. The molecule has 4 heterocycles. The number of ether oxygens (including phenoxy) is 6. The Hall–Kier alpha value is -4.92. The molecule has 54 heavy (non-hydrogen) atoms. The third-order valence-electron chi connectivity index (χ3n) is 10.8. The molecular formula is C45H54O9. The molecule has 9 heteroatoms. The van der Waals surface area contributed by atoms with Crippen LogP contribution in [-0.2, 0) is 35.5 Å². The van der Waals surface area contributed by atoms with Crippen LogP contribution in [0.3, 0.4) is 0 Å². The Labute approximate surface area is 317 Å². The van der Waals surface area contributed by atoms with Crippen LogP contribution in [0.5, 0.6) is 34.5 Å². The number of fused-ring (bicyclic) bond motifs is 3. The zero-order valence-corrected chi connectivity index (χ0v) is 34.5. The van der Waals surface area contributed by atoms with Gasteiger partial charge >= 0.3 is 0 Å². The van der Waals surface area contributed by atoms with Crippen molar-refractivity contribution in [1.29, 1.82) is 0 Å². The van der Waals surface area contributed by atoms with Crippen molar-refractivity contribution in [3.8, 4) is 34.5 Å². The van der Waals surface area contributed by atoms with Crippen LogP contribution in [0.4, 0.5) is 0 Å². The summed E-state index contributed by atoms with van der Waals surface area (Å²) < 4.78 is 58.1. The maximum atomic E-state index is 7.15. The first-order valence-electron chi connectivity index (χ1n) is 18.5. The largest absolute Gasteiger partial charge is 0.496 e. The number of hydrogen-bond acceptors (Lipinski definition) is 9. The van der Waals surface area contributed by atoms with Crippen molar-refractivity contribution in [1.82, 2.24) is 0 Å².